The van der Waals surface area contributed by atoms with E-state index >= 15 is 0 Å². The molecule has 1 aromatic heterocycles. The lowest BCUT2D eigenvalue weighted by atomic mass is 9.98. The van der Waals surface area contributed by atoms with Crippen molar-refractivity contribution in [3.63, 3.8) is 0 Å². The zero-order chi connectivity index (χ0) is 25.7. The Labute approximate surface area is 223 Å². The molecule has 1 amide bonds. The number of aryl methyl sites for hydroxylation is 2. The molecule has 0 bridgehead atoms. The lowest BCUT2D eigenvalue weighted by Gasteiger charge is -2.23. The van der Waals surface area contributed by atoms with Crippen LogP contribution in [0.5, 0.6) is 0 Å². The Morgan fingerprint density at radius 1 is 0.947 bits per heavy atom. The molecular formula is C32H33N5O. The van der Waals surface area contributed by atoms with Gasteiger partial charge in [-0.15, -0.1) is 10.2 Å². The van der Waals surface area contributed by atoms with Gasteiger partial charge in [0.05, 0.1) is 12.1 Å². The third kappa shape index (κ3) is 5.18. The van der Waals surface area contributed by atoms with E-state index in [-0.39, 0.29) is 18.0 Å². The van der Waals surface area contributed by atoms with E-state index in [0.717, 1.165) is 56.0 Å². The number of aromatic nitrogens is 3. The second kappa shape index (κ2) is 11.2. The van der Waals surface area contributed by atoms with Crippen molar-refractivity contribution in [3.05, 3.63) is 119 Å². The van der Waals surface area contributed by atoms with Crippen LogP contribution >= 0.6 is 0 Å². The highest BCUT2D eigenvalue weighted by Crippen LogP contribution is 2.35. The molecule has 6 heteroatoms. The topological polar surface area (TPSA) is 71.8 Å². The lowest BCUT2D eigenvalue weighted by molar-refractivity contribution is -0.123. The van der Waals surface area contributed by atoms with Crippen molar-refractivity contribution in [1.29, 1.82) is 0 Å². The number of nitrogens with zero attached hydrogens (tertiary/aromatic N) is 3. The van der Waals surface area contributed by atoms with Crippen molar-refractivity contribution in [2.24, 2.45) is 0 Å². The SMILES string of the molecule is O=C(N[C@H](CC1=CCc2ccccc21)c1nnc(CCc2ccccc2)n1-c1ccccc1)C1CCCN1. The maximum absolute atomic E-state index is 13.4. The molecule has 3 aromatic carbocycles. The van der Waals surface area contributed by atoms with Crippen LogP contribution in [0.1, 0.15) is 53.6 Å². The van der Waals surface area contributed by atoms with Crippen LogP contribution in [-0.2, 0) is 24.1 Å². The van der Waals surface area contributed by atoms with Crippen LogP contribution in [0, 0.1) is 0 Å². The quantitative estimate of drug-likeness (QED) is 0.338. The summed E-state index contributed by atoms with van der Waals surface area (Å²) in [6.45, 7) is 0.880. The highest BCUT2D eigenvalue weighted by atomic mass is 16.2. The Morgan fingerprint density at radius 3 is 2.50 bits per heavy atom. The van der Waals surface area contributed by atoms with Gasteiger partial charge in [0, 0.05) is 18.5 Å². The number of carbonyl (C=O) groups excluding carboxylic acids is 1. The van der Waals surface area contributed by atoms with Gasteiger partial charge in [0.15, 0.2) is 5.82 Å². The molecule has 38 heavy (non-hydrogen) atoms. The van der Waals surface area contributed by atoms with Gasteiger partial charge in [0.2, 0.25) is 5.91 Å². The van der Waals surface area contributed by atoms with Crippen LogP contribution in [0.4, 0.5) is 0 Å². The number of carbonyl (C=O) groups is 1. The molecule has 1 aliphatic carbocycles. The fourth-order valence-corrected chi connectivity index (χ4v) is 5.63. The number of amides is 1. The molecule has 4 aromatic rings. The van der Waals surface area contributed by atoms with Crippen LogP contribution in [0.15, 0.2) is 91.0 Å². The maximum atomic E-state index is 13.4. The van der Waals surface area contributed by atoms with Gasteiger partial charge in [-0.2, -0.15) is 0 Å². The summed E-state index contributed by atoms with van der Waals surface area (Å²) in [5.41, 5.74) is 6.12. The molecular weight excluding hydrogens is 470 g/mol. The second-order valence-corrected chi connectivity index (χ2v) is 10.1. The number of rotatable bonds is 9. The van der Waals surface area contributed by atoms with E-state index in [1.54, 1.807) is 0 Å². The minimum absolute atomic E-state index is 0.0350. The van der Waals surface area contributed by atoms with Gasteiger partial charge in [-0.05, 0) is 66.6 Å². The zero-order valence-electron chi connectivity index (χ0n) is 21.5. The van der Waals surface area contributed by atoms with Crippen molar-refractivity contribution < 1.29 is 4.79 Å². The van der Waals surface area contributed by atoms with E-state index in [9.17, 15) is 4.79 Å². The summed E-state index contributed by atoms with van der Waals surface area (Å²) in [5, 5.41) is 16.1. The number of hydrogen-bond acceptors (Lipinski definition) is 4. The molecule has 0 spiro atoms. The molecule has 2 aliphatic rings. The fraction of sp³-hybridized carbons (Fsp3) is 0.281. The van der Waals surface area contributed by atoms with Crippen molar-refractivity contribution >= 4 is 11.5 Å². The van der Waals surface area contributed by atoms with E-state index in [0.29, 0.717) is 6.42 Å². The highest BCUT2D eigenvalue weighted by Gasteiger charge is 2.30. The first-order valence-electron chi connectivity index (χ1n) is 13.6. The average molecular weight is 504 g/mol. The lowest BCUT2D eigenvalue weighted by Crippen LogP contribution is -2.42. The third-order valence-electron chi connectivity index (χ3n) is 7.61. The number of fused-ring (bicyclic) bond motifs is 1. The van der Waals surface area contributed by atoms with E-state index < -0.39 is 0 Å². The summed E-state index contributed by atoms with van der Waals surface area (Å²) < 4.78 is 2.15. The Balaban J connectivity index is 1.36. The molecule has 6 nitrogen and oxygen atoms in total. The van der Waals surface area contributed by atoms with Crippen LogP contribution in [-0.4, -0.2) is 33.3 Å². The van der Waals surface area contributed by atoms with E-state index in [4.69, 9.17) is 5.10 Å². The summed E-state index contributed by atoms with van der Waals surface area (Å²) in [5.74, 6) is 1.71. The first kappa shape index (κ1) is 24.3. The normalized spacial score (nSPS) is 17.2. The monoisotopic (exact) mass is 503 g/mol. The maximum Gasteiger partial charge on any atom is 0.237 e. The Bertz CT molecular complexity index is 1420. The summed E-state index contributed by atoms with van der Waals surface area (Å²) in [6, 6.07) is 28.8. The molecule has 1 saturated heterocycles. The summed E-state index contributed by atoms with van der Waals surface area (Å²) in [4.78, 5) is 13.4. The predicted molar refractivity (Wildman–Crippen MR) is 150 cm³/mol. The smallest absolute Gasteiger partial charge is 0.237 e. The molecule has 0 radical (unpaired) electrons. The Morgan fingerprint density at radius 2 is 1.71 bits per heavy atom. The van der Waals surface area contributed by atoms with Crippen molar-refractivity contribution in [1.82, 2.24) is 25.4 Å². The van der Waals surface area contributed by atoms with Crippen LogP contribution in [0.2, 0.25) is 0 Å². The Hall–Kier alpha value is -4.03. The van der Waals surface area contributed by atoms with Gasteiger partial charge < -0.3 is 10.6 Å². The summed E-state index contributed by atoms with van der Waals surface area (Å²) >= 11 is 0. The van der Waals surface area contributed by atoms with Crippen LogP contribution in [0.25, 0.3) is 11.3 Å². The van der Waals surface area contributed by atoms with Gasteiger partial charge in [0.25, 0.3) is 0 Å². The molecule has 2 N–H and O–H groups in total. The number of benzene rings is 3. The van der Waals surface area contributed by atoms with E-state index in [2.05, 4.69) is 87.0 Å². The second-order valence-electron chi connectivity index (χ2n) is 10.1. The largest absolute Gasteiger partial charge is 0.344 e. The molecule has 1 fully saturated rings. The van der Waals surface area contributed by atoms with Crippen molar-refractivity contribution in [2.75, 3.05) is 6.54 Å². The minimum atomic E-state index is -0.305. The number of hydrogen-bond donors (Lipinski definition) is 2. The molecule has 2 heterocycles. The molecule has 1 aliphatic heterocycles. The van der Waals surface area contributed by atoms with Gasteiger partial charge in [-0.25, -0.2) is 0 Å². The van der Waals surface area contributed by atoms with E-state index in [1.165, 1.54) is 22.3 Å². The number of nitrogens with one attached hydrogen (secondary N) is 2. The van der Waals surface area contributed by atoms with Crippen molar-refractivity contribution in [2.45, 2.75) is 50.6 Å². The first-order chi connectivity index (χ1) is 18.8. The predicted octanol–water partition coefficient (Wildman–Crippen LogP) is 4.99. The number of para-hydroxylation sites is 1. The Kier molecular flexibility index (Phi) is 7.14. The van der Waals surface area contributed by atoms with Gasteiger partial charge in [-0.1, -0.05) is 78.9 Å². The first-order valence-corrected chi connectivity index (χ1v) is 13.6. The van der Waals surface area contributed by atoms with Crippen LogP contribution in [0.3, 0.4) is 0 Å². The third-order valence-corrected chi connectivity index (χ3v) is 7.61. The summed E-state index contributed by atoms with van der Waals surface area (Å²) in [7, 11) is 0. The van der Waals surface area contributed by atoms with Gasteiger partial charge in [-0.3, -0.25) is 9.36 Å². The van der Waals surface area contributed by atoms with Gasteiger partial charge >= 0.3 is 0 Å². The highest BCUT2D eigenvalue weighted by molar-refractivity contribution is 5.83. The fourth-order valence-electron chi connectivity index (χ4n) is 5.63. The van der Waals surface area contributed by atoms with E-state index in [1.807, 2.05) is 24.3 Å². The minimum Gasteiger partial charge on any atom is -0.344 e. The molecule has 1 unspecified atom stereocenters. The number of allylic oxidation sites excluding steroid dienone is 1. The average Bonchev–Trinajstić information content (AvgIpc) is 3.73. The summed E-state index contributed by atoms with van der Waals surface area (Å²) in [6.07, 6.45) is 7.37. The standard InChI is InChI=1S/C32H33N5O/c38-32(28-16-9-21-33-28)34-29(22-25-19-18-24-12-7-8-15-27(24)25)31-36-35-30(20-17-23-10-3-1-4-11-23)37(31)26-13-5-2-6-14-26/h1-8,10-15,19,28-29,33H,9,16-18,20-22H2,(H,34,38)/t28?,29-/m1/s1. The molecule has 2 atom stereocenters. The molecule has 6 rings (SSSR count). The molecule has 0 saturated carbocycles. The van der Waals surface area contributed by atoms with Gasteiger partial charge in [0.1, 0.15) is 5.82 Å². The molecule has 192 valence electrons. The zero-order valence-corrected chi connectivity index (χ0v) is 21.5. The van der Waals surface area contributed by atoms with Crippen molar-refractivity contribution in [3.8, 4) is 5.69 Å². The van der Waals surface area contributed by atoms with Crippen LogP contribution < -0.4 is 10.6 Å².